The molecule has 1 aliphatic carbocycles. The molecule has 0 unspecified atom stereocenters. The van der Waals surface area contributed by atoms with E-state index in [-0.39, 0.29) is 17.7 Å². The van der Waals surface area contributed by atoms with E-state index in [1.54, 1.807) is 14.2 Å². The van der Waals surface area contributed by atoms with Crippen LogP contribution >= 0.6 is 0 Å². The number of hydrogen-bond acceptors (Lipinski definition) is 5. The molecule has 5 rings (SSSR count). The van der Waals surface area contributed by atoms with Crippen LogP contribution < -0.4 is 20.1 Å². The lowest BCUT2D eigenvalue weighted by molar-refractivity contribution is -0.116. The van der Waals surface area contributed by atoms with Crippen molar-refractivity contribution in [2.24, 2.45) is 0 Å². The summed E-state index contributed by atoms with van der Waals surface area (Å²) in [5.41, 5.74) is 5.87. The van der Waals surface area contributed by atoms with Crippen molar-refractivity contribution in [3.8, 4) is 11.5 Å². The lowest BCUT2D eigenvalue weighted by atomic mass is 9.78. The predicted molar refractivity (Wildman–Crippen MR) is 126 cm³/mol. The lowest BCUT2D eigenvalue weighted by Gasteiger charge is -2.30. The summed E-state index contributed by atoms with van der Waals surface area (Å²) in [5, 5.41) is 7.19. The second-order valence-electron chi connectivity index (χ2n) is 8.19. The van der Waals surface area contributed by atoms with Crippen molar-refractivity contribution < 1.29 is 14.3 Å². The summed E-state index contributed by atoms with van der Waals surface area (Å²) < 4.78 is 11.0. The van der Waals surface area contributed by atoms with Crippen LogP contribution in [0.2, 0.25) is 0 Å². The molecule has 0 amide bonds. The van der Waals surface area contributed by atoms with Crippen LogP contribution in [-0.2, 0) is 4.79 Å². The highest BCUT2D eigenvalue weighted by atomic mass is 16.5. The first-order valence-corrected chi connectivity index (χ1v) is 10.8. The number of nitrogens with one attached hydrogen (secondary N) is 2. The van der Waals surface area contributed by atoms with E-state index in [0.29, 0.717) is 17.9 Å². The van der Waals surface area contributed by atoms with Crippen LogP contribution in [0.1, 0.15) is 35.9 Å². The maximum atomic E-state index is 13.6. The van der Waals surface area contributed by atoms with Gasteiger partial charge in [0.05, 0.1) is 31.6 Å². The van der Waals surface area contributed by atoms with Gasteiger partial charge in [-0.15, -0.1) is 0 Å². The first kappa shape index (κ1) is 20.2. The van der Waals surface area contributed by atoms with Gasteiger partial charge in [0, 0.05) is 17.7 Å². The van der Waals surface area contributed by atoms with Crippen LogP contribution in [0, 0.1) is 0 Å². The fraction of sp³-hybridized carbons (Fsp3) is 0.222. The molecule has 0 aromatic heterocycles. The van der Waals surface area contributed by atoms with E-state index in [2.05, 4.69) is 22.8 Å². The predicted octanol–water partition coefficient (Wildman–Crippen LogP) is 5.68. The molecule has 1 heterocycles. The van der Waals surface area contributed by atoms with E-state index in [9.17, 15) is 4.79 Å². The summed E-state index contributed by atoms with van der Waals surface area (Å²) in [7, 11) is 3.25. The molecule has 162 valence electrons. The SMILES string of the molecule is COc1ccc([C@@H]2Nc3ccccc3NC3=C2C(=O)C[C@@H](c2ccccc2)C3)cc1OC. The number of rotatable bonds is 4. The van der Waals surface area contributed by atoms with Crippen LogP contribution in [0.4, 0.5) is 11.4 Å². The Morgan fingerprint density at radius 3 is 2.25 bits per heavy atom. The zero-order valence-electron chi connectivity index (χ0n) is 18.2. The maximum Gasteiger partial charge on any atom is 0.163 e. The van der Waals surface area contributed by atoms with E-state index in [0.717, 1.165) is 34.6 Å². The highest BCUT2D eigenvalue weighted by molar-refractivity contribution is 6.01. The molecule has 0 fully saturated rings. The van der Waals surface area contributed by atoms with Crippen molar-refractivity contribution in [1.29, 1.82) is 0 Å². The Morgan fingerprint density at radius 1 is 0.781 bits per heavy atom. The Balaban J connectivity index is 1.62. The molecule has 5 heteroatoms. The Morgan fingerprint density at radius 2 is 1.50 bits per heavy atom. The molecule has 2 N–H and O–H groups in total. The van der Waals surface area contributed by atoms with Crippen molar-refractivity contribution in [2.75, 3.05) is 24.9 Å². The highest BCUT2D eigenvalue weighted by Gasteiger charge is 2.36. The molecule has 0 spiro atoms. The number of fused-ring (bicyclic) bond motifs is 1. The molecule has 0 radical (unpaired) electrons. The zero-order valence-corrected chi connectivity index (χ0v) is 18.2. The summed E-state index contributed by atoms with van der Waals surface area (Å²) in [6, 6.07) is 23.9. The number of carbonyl (C=O) groups excluding carboxylic acids is 1. The third-order valence-corrected chi connectivity index (χ3v) is 6.32. The summed E-state index contributed by atoms with van der Waals surface area (Å²) >= 11 is 0. The average molecular weight is 427 g/mol. The number of Topliss-reactive ketones (excluding diaryl/α,β-unsaturated/α-hetero) is 1. The number of allylic oxidation sites excluding steroid dienone is 1. The first-order valence-electron chi connectivity index (χ1n) is 10.8. The van der Waals surface area contributed by atoms with E-state index in [4.69, 9.17) is 9.47 Å². The zero-order chi connectivity index (χ0) is 22.1. The molecule has 0 saturated heterocycles. The summed E-state index contributed by atoms with van der Waals surface area (Å²) in [6.45, 7) is 0. The summed E-state index contributed by atoms with van der Waals surface area (Å²) in [4.78, 5) is 13.6. The number of benzene rings is 3. The number of methoxy groups -OCH3 is 2. The van der Waals surface area contributed by atoms with Crippen LogP contribution in [-0.4, -0.2) is 20.0 Å². The highest BCUT2D eigenvalue weighted by Crippen LogP contribution is 2.45. The number of anilines is 2. The third kappa shape index (κ3) is 3.60. The van der Waals surface area contributed by atoms with Gasteiger partial charge in [-0.25, -0.2) is 0 Å². The Labute approximate surface area is 188 Å². The molecular weight excluding hydrogens is 400 g/mol. The fourth-order valence-corrected chi connectivity index (χ4v) is 4.74. The first-order chi connectivity index (χ1) is 15.7. The molecule has 3 aromatic rings. The van der Waals surface area contributed by atoms with Crippen LogP contribution in [0.3, 0.4) is 0 Å². The van der Waals surface area contributed by atoms with Crippen molar-refractivity contribution in [3.05, 3.63) is 95.2 Å². The third-order valence-electron chi connectivity index (χ3n) is 6.32. The van der Waals surface area contributed by atoms with Gasteiger partial charge in [-0.05, 0) is 47.7 Å². The number of hydrogen-bond donors (Lipinski definition) is 2. The van der Waals surface area contributed by atoms with Crippen LogP contribution in [0.15, 0.2) is 84.1 Å². The average Bonchev–Trinajstić information content (AvgIpc) is 3.01. The van der Waals surface area contributed by atoms with E-state index >= 15 is 0 Å². The van der Waals surface area contributed by atoms with Gasteiger partial charge in [-0.2, -0.15) is 0 Å². The van der Waals surface area contributed by atoms with Gasteiger partial charge in [-0.1, -0.05) is 48.5 Å². The summed E-state index contributed by atoms with van der Waals surface area (Å²) in [5.74, 6) is 1.63. The minimum absolute atomic E-state index is 0.159. The van der Waals surface area contributed by atoms with Gasteiger partial charge in [0.2, 0.25) is 0 Å². The molecule has 5 nitrogen and oxygen atoms in total. The van der Waals surface area contributed by atoms with E-state index < -0.39 is 0 Å². The maximum absolute atomic E-state index is 13.6. The molecule has 3 aromatic carbocycles. The van der Waals surface area contributed by atoms with Gasteiger partial charge in [0.25, 0.3) is 0 Å². The molecule has 2 aliphatic rings. The number of ketones is 1. The molecule has 2 atom stereocenters. The summed E-state index contributed by atoms with van der Waals surface area (Å²) in [6.07, 6.45) is 1.28. The number of carbonyl (C=O) groups is 1. The second kappa shape index (κ2) is 8.42. The smallest absolute Gasteiger partial charge is 0.163 e. The fourth-order valence-electron chi connectivity index (χ4n) is 4.74. The van der Waals surface area contributed by atoms with Crippen molar-refractivity contribution >= 4 is 17.2 Å². The molecular formula is C27H26N2O3. The van der Waals surface area contributed by atoms with Gasteiger partial charge >= 0.3 is 0 Å². The molecule has 32 heavy (non-hydrogen) atoms. The van der Waals surface area contributed by atoms with Crippen LogP contribution in [0.5, 0.6) is 11.5 Å². The second-order valence-corrected chi connectivity index (χ2v) is 8.19. The quantitative estimate of drug-likeness (QED) is 0.562. The van der Waals surface area contributed by atoms with Crippen molar-refractivity contribution in [1.82, 2.24) is 0 Å². The minimum Gasteiger partial charge on any atom is -0.493 e. The molecule has 1 aliphatic heterocycles. The molecule has 0 saturated carbocycles. The molecule has 0 bridgehead atoms. The van der Waals surface area contributed by atoms with Crippen LogP contribution in [0.25, 0.3) is 0 Å². The van der Waals surface area contributed by atoms with Crippen molar-refractivity contribution in [3.63, 3.8) is 0 Å². The van der Waals surface area contributed by atoms with E-state index in [1.807, 2.05) is 60.7 Å². The Kier molecular flexibility index (Phi) is 5.31. The van der Waals surface area contributed by atoms with Gasteiger partial charge in [0.15, 0.2) is 17.3 Å². The Hall–Kier alpha value is -3.73. The normalized spacial score (nSPS) is 19.8. The number of ether oxygens (including phenoxy) is 2. The minimum atomic E-state index is -0.287. The van der Waals surface area contributed by atoms with E-state index in [1.165, 1.54) is 5.56 Å². The van der Waals surface area contributed by atoms with Gasteiger partial charge in [0.1, 0.15) is 0 Å². The van der Waals surface area contributed by atoms with Gasteiger partial charge < -0.3 is 20.1 Å². The number of para-hydroxylation sites is 2. The largest absolute Gasteiger partial charge is 0.493 e. The standard InChI is InChI=1S/C27H26N2O3/c1-31-24-13-12-18(16-25(24)32-2)27-26-22(28-20-10-6-7-11-21(20)29-27)14-19(15-23(26)30)17-8-4-3-5-9-17/h3-13,16,19,27-29H,14-15H2,1-2H3/t19-,27-/m0/s1. The Bertz CT molecular complexity index is 1190. The topological polar surface area (TPSA) is 59.6 Å². The van der Waals surface area contributed by atoms with Gasteiger partial charge in [-0.3, -0.25) is 4.79 Å². The monoisotopic (exact) mass is 426 g/mol. The lowest BCUT2D eigenvalue weighted by Crippen LogP contribution is -2.26. The van der Waals surface area contributed by atoms with Crippen molar-refractivity contribution in [2.45, 2.75) is 24.8 Å².